The van der Waals surface area contributed by atoms with Gasteiger partial charge in [-0.2, -0.15) is 13.2 Å². The van der Waals surface area contributed by atoms with E-state index in [4.69, 9.17) is 4.84 Å². The van der Waals surface area contributed by atoms with Crippen LogP contribution in [0, 0.1) is 5.92 Å². The molecule has 12 heteroatoms. The van der Waals surface area contributed by atoms with Gasteiger partial charge in [0.25, 0.3) is 5.91 Å². The van der Waals surface area contributed by atoms with E-state index < -0.39 is 46.5 Å². The van der Waals surface area contributed by atoms with Crippen molar-refractivity contribution in [1.29, 1.82) is 0 Å². The van der Waals surface area contributed by atoms with Gasteiger partial charge in [0.2, 0.25) is 5.91 Å². The summed E-state index contributed by atoms with van der Waals surface area (Å²) in [5.41, 5.74) is 1.14. The number of halogens is 3. The van der Waals surface area contributed by atoms with Gasteiger partial charge in [-0.1, -0.05) is 50.2 Å². The molecule has 2 unspecified atom stereocenters. The second-order valence-corrected chi connectivity index (χ2v) is 11.0. The Morgan fingerprint density at radius 3 is 1.95 bits per heavy atom. The van der Waals surface area contributed by atoms with Gasteiger partial charge < -0.3 is 5.32 Å². The third-order valence-corrected chi connectivity index (χ3v) is 6.75. The standard InChI is InChI=1S/C25H32F3N3O5S/c1-16(2)14-21(24(33)29-15-22(32)31(3)36-4)30-23(25(26,27)28)19-8-6-17(7-9-19)18-10-12-20(13-11-18)37(5,34)35/h6-13,16,21,23,30H,14-15H2,1-5H3,(H,29,33). The van der Waals surface area contributed by atoms with E-state index in [-0.39, 0.29) is 22.8 Å². The first kappa shape index (κ1) is 30.3. The number of likely N-dealkylation sites (N-methyl/N-ethyl adjacent to an activating group) is 1. The summed E-state index contributed by atoms with van der Waals surface area (Å²) >= 11 is 0. The third-order valence-electron chi connectivity index (χ3n) is 5.62. The molecule has 2 atom stereocenters. The van der Waals surface area contributed by atoms with Crippen LogP contribution in [-0.4, -0.2) is 64.5 Å². The van der Waals surface area contributed by atoms with Gasteiger partial charge in [-0.25, -0.2) is 13.5 Å². The molecule has 2 rings (SSSR count). The average Bonchev–Trinajstić information content (AvgIpc) is 2.83. The number of hydrogen-bond acceptors (Lipinski definition) is 6. The van der Waals surface area contributed by atoms with Crippen molar-refractivity contribution >= 4 is 21.7 Å². The molecule has 0 heterocycles. The molecule has 0 aliphatic heterocycles. The highest BCUT2D eigenvalue weighted by molar-refractivity contribution is 7.90. The minimum absolute atomic E-state index is 0.0965. The molecule has 0 aromatic heterocycles. The average molecular weight is 544 g/mol. The Labute approximate surface area is 215 Å². The summed E-state index contributed by atoms with van der Waals surface area (Å²) in [5.74, 6) is -1.40. The monoisotopic (exact) mass is 543 g/mol. The van der Waals surface area contributed by atoms with Gasteiger partial charge in [-0.3, -0.25) is 19.7 Å². The largest absolute Gasteiger partial charge is 0.407 e. The van der Waals surface area contributed by atoms with Crippen molar-refractivity contribution in [1.82, 2.24) is 15.7 Å². The van der Waals surface area contributed by atoms with E-state index in [0.717, 1.165) is 11.3 Å². The lowest BCUT2D eigenvalue weighted by atomic mass is 9.97. The van der Waals surface area contributed by atoms with Crippen molar-refractivity contribution in [2.75, 3.05) is 27.0 Å². The molecule has 37 heavy (non-hydrogen) atoms. The van der Waals surface area contributed by atoms with Crippen LogP contribution >= 0.6 is 0 Å². The summed E-state index contributed by atoms with van der Waals surface area (Å²) in [6.07, 6.45) is -3.51. The summed E-state index contributed by atoms with van der Waals surface area (Å²) in [5, 5.41) is 5.71. The summed E-state index contributed by atoms with van der Waals surface area (Å²) < 4.78 is 65.5. The molecular formula is C25H32F3N3O5S. The van der Waals surface area contributed by atoms with Crippen molar-refractivity contribution in [2.45, 2.75) is 43.4 Å². The number of alkyl halides is 3. The number of nitrogens with one attached hydrogen (secondary N) is 2. The van der Waals surface area contributed by atoms with Crippen LogP contribution in [-0.2, 0) is 24.3 Å². The molecule has 0 spiro atoms. The molecule has 8 nitrogen and oxygen atoms in total. The first-order valence-corrected chi connectivity index (χ1v) is 13.3. The van der Waals surface area contributed by atoms with Crippen molar-refractivity contribution in [3.8, 4) is 11.1 Å². The SMILES string of the molecule is CON(C)C(=O)CNC(=O)C(CC(C)C)NC(c1ccc(-c2ccc(S(C)(=O)=O)cc2)cc1)C(F)(F)F. The summed E-state index contributed by atoms with van der Waals surface area (Å²) in [6.45, 7) is 3.12. The minimum atomic E-state index is -4.71. The van der Waals surface area contributed by atoms with E-state index in [1.165, 1.54) is 50.6 Å². The lowest BCUT2D eigenvalue weighted by Crippen LogP contribution is -2.51. The van der Waals surface area contributed by atoms with Gasteiger partial charge in [0.15, 0.2) is 9.84 Å². The zero-order valence-electron chi connectivity index (χ0n) is 21.3. The van der Waals surface area contributed by atoms with E-state index in [1.807, 2.05) is 0 Å². The Hall–Kier alpha value is -2.96. The predicted octanol–water partition coefficient (Wildman–Crippen LogP) is 3.50. The number of sulfone groups is 1. The fourth-order valence-electron chi connectivity index (χ4n) is 3.56. The van der Waals surface area contributed by atoms with Gasteiger partial charge in [0.05, 0.1) is 24.6 Å². The lowest BCUT2D eigenvalue weighted by Gasteiger charge is -2.28. The van der Waals surface area contributed by atoms with E-state index in [2.05, 4.69) is 10.6 Å². The Balaban J connectivity index is 2.26. The van der Waals surface area contributed by atoms with Crippen LogP contribution in [0.2, 0.25) is 0 Å². The Morgan fingerprint density at radius 2 is 1.51 bits per heavy atom. The molecule has 2 aromatic carbocycles. The van der Waals surface area contributed by atoms with Gasteiger partial charge >= 0.3 is 6.18 Å². The third kappa shape index (κ3) is 8.83. The van der Waals surface area contributed by atoms with Crippen LogP contribution in [0.3, 0.4) is 0 Å². The van der Waals surface area contributed by atoms with Crippen LogP contribution < -0.4 is 10.6 Å². The summed E-state index contributed by atoms with van der Waals surface area (Å²) in [6, 6.07) is 8.30. The Bertz CT molecular complexity index is 1170. The fraction of sp³-hybridized carbons (Fsp3) is 0.440. The Kier molecular flexibility index (Phi) is 10.2. The molecule has 0 bridgehead atoms. The molecule has 0 radical (unpaired) electrons. The highest BCUT2D eigenvalue weighted by Crippen LogP contribution is 2.34. The predicted molar refractivity (Wildman–Crippen MR) is 133 cm³/mol. The molecule has 0 fully saturated rings. The van der Waals surface area contributed by atoms with Crippen molar-refractivity contribution in [2.24, 2.45) is 5.92 Å². The number of rotatable bonds is 11. The molecule has 0 aliphatic rings. The molecule has 204 valence electrons. The number of carbonyl (C=O) groups excluding carboxylic acids is 2. The first-order valence-electron chi connectivity index (χ1n) is 11.4. The van der Waals surface area contributed by atoms with E-state index in [0.29, 0.717) is 11.1 Å². The number of benzene rings is 2. The van der Waals surface area contributed by atoms with Crippen molar-refractivity contribution < 1.29 is 36.0 Å². The molecule has 0 saturated carbocycles. The first-order chi connectivity index (χ1) is 17.1. The quantitative estimate of drug-likeness (QED) is 0.421. The van der Waals surface area contributed by atoms with Crippen LogP contribution in [0.1, 0.15) is 31.9 Å². The maximum absolute atomic E-state index is 14.1. The zero-order valence-corrected chi connectivity index (χ0v) is 22.1. The molecule has 2 N–H and O–H groups in total. The molecule has 2 amide bonds. The van der Waals surface area contributed by atoms with Crippen LogP contribution in [0.15, 0.2) is 53.4 Å². The minimum Gasteiger partial charge on any atom is -0.346 e. The normalized spacial score (nSPS) is 13.8. The Morgan fingerprint density at radius 1 is 1.00 bits per heavy atom. The second-order valence-electron chi connectivity index (χ2n) is 9.03. The maximum Gasteiger partial charge on any atom is 0.407 e. The maximum atomic E-state index is 14.1. The van der Waals surface area contributed by atoms with Crippen LogP contribution in [0.4, 0.5) is 13.2 Å². The van der Waals surface area contributed by atoms with E-state index in [1.54, 1.807) is 26.0 Å². The molecule has 0 saturated heterocycles. The molecule has 2 aromatic rings. The molecule has 0 aliphatic carbocycles. The lowest BCUT2D eigenvalue weighted by molar-refractivity contribution is -0.168. The number of nitrogens with zero attached hydrogens (tertiary/aromatic N) is 1. The van der Waals surface area contributed by atoms with Crippen LogP contribution in [0.5, 0.6) is 0 Å². The topological polar surface area (TPSA) is 105 Å². The number of amides is 2. The van der Waals surface area contributed by atoms with Crippen molar-refractivity contribution in [3.63, 3.8) is 0 Å². The van der Waals surface area contributed by atoms with E-state index >= 15 is 0 Å². The smallest absolute Gasteiger partial charge is 0.346 e. The number of hydroxylamine groups is 2. The number of hydrogen-bond donors (Lipinski definition) is 2. The number of carbonyl (C=O) groups is 2. The summed E-state index contributed by atoms with van der Waals surface area (Å²) in [4.78, 5) is 29.5. The highest BCUT2D eigenvalue weighted by Gasteiger charge is 2.43. The molecular weight excluding hydrogens is 511 g/mol. The van der Waals surface area contributed by atoms with Crippen LogP contribution in [0.25, 0.3) is 11.1 Å². The zero-order chi connectivity index (χ0) is 28.0. The second kappa shape index (κ2) is 12.5. The van der Waals surface area contributed by atoms with Gasteiger partial charge in [-0.15, -0.1) is 0 Å². The van der Waals surface area contributed by atoms with Gasteiger partial charge in [0.1, 0.15) is 6.04 Å². The highest BCUT2D eigenvalue weighted by atomic mass is 32.2. The van der Waals surface area contributed by atoms with Gasteiger partial charge in [-0.05, 0) is 41.2 Å². The van der Waals surface area contributed by atoms with Crippen molar-refractivity contribution in [3.05, 3.63) is 54.1 Å². The van der Waals surface area contributed by atoms with Gasteiger partial charge in [0, 0.05) is 13.3 Å². The van der Waals surface area contributed by atoms with E-state index in [9.17, 15) is 31.2 Å². The fourth-order valence-corrected chi connectivity index (χ4v) is 4.20. The summed E-state index contributed by atoms with van der Waals surface area (Å²) in [7, 11) is -0.752.